The molecule has 2 fully saturated rings. The van der Waals surface area contributed by atoms with Crippen LogP contribution in [0.3, 0.4) is 0 Å². The maximum absolute atomic E-state index is 13.3. The monoisotopic (exact) mass is 647 g/mol. The number of nitrogens with zero attached hydrogens (tertiary/aromatic N) is 4. The van der Waals surface area contributed by atoms with Crippen LogP contribution in [0.15, 0.2) is 46.8 Å². The van der Waals surface area contributed by atoms with Crippen LogP contribution < -0.4 is 10.1 Å². The summed E-state index contributed by atoms with van der Waals surface area (Å²) in [6.45, 7) is 5.10. The summed E-state index contributed by atoms with van der Waals surface area (Å²) < 4.78 is 69.8. The molecule has 3 aliphatic heterocycles. The Labute approximate surface area is 260 Å². The molecule has 0 aromatic heterocycles. The number of likely N-dealkylation sites (N-methyl/N-ethyl adjacent to an activating group) is 1. The third-order valence-electron chi connectivity index (χ3n) is 8.66. The highest BCUT2D eigenvalue weighted by atomic mass is 32.2. The van der Waals surface area contributed by atoms with E-state index in [1.54, 1.807) is 12.1 Å². The molecule has 14 heteroatoms. The molecule has 2 amide bonds. The molecule has 1 N–H and O–H groups in total. The molecule has 3 heterocycles. The Hall–Kier alpha value is -3.75. The van der Waals surface area contributed by atoms with Crippen molar-refractivity contribution in [3.05, 3.63) is 69.6 Å². The smallest absolute Gasteiger partial charge is 0.406 e. The number of aliphatic imine (C=N–C) groups is 1. The molecule has 10 nitrogen and oxygen atoms in total. The standard InChI is InChI=1S/C31H36F3N5O5S/c1-20-16-23(28(40)38-12-8-24(19-38)37(3)4)17-21(2)26(20)9-15-45(42,43)39-13-10-30(11-14-39)29(41)35-27(36-30)22-6-5-7-25(18-22)44-31(32,33)34/h5-7,9,15-18,24H,8,10-14,19H2,1-4H3,(H,35,36,41)/b15-9+. The Kier molecular flexibility index (Phi) is 8.86. The molecule has 2 saturated heterocycles. The highest BCUT2D eigenvalue weighted by Gasteiger charge is 2.47. The van der Waals surface area contributed by atoms with Crippen LogP contribution >= 0.6 is 0 Å². The van der Waals surface area contributed by atoms with E-state index in [1.165, 1.54) is 22.5 Å². The van der Waals surface area contributed by atoms with E-state index in [2.05, 4.69) is 19.9 Å². The lowest BCUT2D eigenvalue weighted by Gasteiger charge is -2.34. The number of halogens is 3. The first-order valence-corrected chi connectivity index (χ1v) is 16.1. The van der Waals surface area contributed by atoms with Gasteiger partial charge in [-0.05, 0) is 94.2 Å². The summed E-state index contributed by atoms with van der Waals surface area (Å²) in [6, 6.07) is 9.04. The van der Waals surface area contributed by atoms with Gasteiger partial charge in [0, 0.05) is 48.8 Å². The maximum atomic E-state index is 13.3. The highest BCUT2D eigenvalue weighted by Crippen LogP contribution is 2.33. The number of hydrogen-bond donors (Lipinski definition) is 1. The number of aryl methyl sites for hydroxylation is 2. The van der Waals surface area contributed by atoms with E-state index in [0.717, 1.165) is 35.1 Å². The van der Waals surface area contributed by atoms with E-state index in [-0.39, 0.29) is 43.2 Å². The van der Waals surface area contributed by atoms with Gasteiger partial charge in [0.25, 0.3) is 11.8 Å². The van der Waals surface area contributed by atoms with Crippen LogP contribution in [0, 0.1) is 13.8 Å². The van der Waals surface area contributed by atoms with Gasteiger partial charge in [-0.3, -0.25) is 14.6 Å². The van der Waals surface area contributed by atoms with Crippen LogP contribution in [-0.2, 0) is 14.8 Å². The summed E-state index contributed by atoms with van der Waals surface area (Å²) in [7, 11) is 0.155. The summed E-state index contributed by atoms with van der Waals surface area (Å²) in [6.07, 6.45) is -2.20. The fourth-order valence-corrected chi connectivity index (χ4v) is 7.25. The quantitative estimate of drug-likeness (QED) is 0.491. The van der Waals surface area contributed by atoms with Crippen molar-refractivity contribution in [3.63, 3.8) is 0 Å². The molecule has 1 spiro atoms. The van der Waals surface area contributed by atoms with Crippen molar-refractivity contribution in [2.24, 2.45) is 4.99 Å². The van der Waals surface area contributed by atoms with E-state index < -0.39 is 33.6 Å². The molecule has 1 atom stereocenters. The number of likely N-dealkylation sites (tertiary alicyclic amines) is 1. The summed E-state index contributed by atoms with van der Waals surface area (Å²) in [5, 5.41) is 3.77. The minimum Gasteiger partial charge on any atom is -0.406 e. The van der Waals surface area contributed by atoms with E-state index in [9.17, 15) is 31.2 Å². The average molecular weight is 648 g/mol. The molecule has 0 aliphatic carbocycles. The zero-order chi connectivity index (χ0) is 32.7. The lowest BCUT2D eigenvalue weighted by atomic mass is 9.89. The molecule has 242 valence electrons. The van der Waals surface area contributed by atoms with E-state index in [1.807, 2.05) is 32.8 Å². The number of hydrogen-bond acceptors (Lipinski definition) is 7. The molecule has 0 saturated carbocycles. The molecule has 2 aromatic rings. The first-order valence-electron chi connectivity index (χ1n) is 14.6. The first kappa shape index (κ1) is 32.6. The first-order chi connectivity index (χ1) is 21.1. The fraction of sp³-hybridized carbons (Fsp3) is 0.452. The number of amidine groups is 1. The Balaban J connectivity index is 1.25. The topological polar surface area (TPSA) is 112 Å². The average Bonchev–Trinajstić information content (AvgIpc) is 3.57. The number of nitrogens with one attached hydrogen (secondary N) is 1. The molecule has 45 heavy (non-hydrogen) atoms. The predicted molar refractivity (Wildman–Crippen MR) is 163 cm³/mol. The minimum absolute atomic E-state index is 0.0310. The number of ether oxygens (including phenoxy) is 1. The fourth-order valence-electron chi connectivity index (χ4n) is 6.07. The molecule has 0 bridgehead atoms. The molecular formula is C31H36F3N5O5S. The van der Waals surface area contributed by atoms with Gasteiger partial charge in [0.2, 0.25) is 10.0 Å². The number of carbonyl (C=O) groups excluding carboxylic acids is 2. The van der Waals surface area contributed by atoms with Gasteiger partial charge in [-0.25, -0.2) is 8.42 Å². The Morgan fingerprint density at radius 2 is 1.78 bits per heavy atom. The van der Waals surface area contributed by atoms with Crippen LogP contribution in [-0.4, -0.2) is 98.4 Å². The van der Waals surface area contributed by atoms with Crippen LogP contribution in [0.2, 0.25) is 0 Å². The van der Waals surface area contributed by atoms with Crippen molar-refractivity contribution < 1.29 is 35.9 Å². The van der Waals surface area contributed by atoms with Crippen LogP contribution in [0.5, 0.6) is 5.75 Å². The van der Waals surface area contributed by atoms with Crippen molar-refractivity contribution in [1.29, 1.82) is 0 Å². The Bertz CT molecular complexity index is 1640. The van der Waals surface area contributed by atoms with Gasteiger partial charge in [-0.2, -0.15) is 4.31 Å². The lowest BCUT2D eigenvalue weighted by molar-refractivity contribution is -0.274. The van der Waals surface area contributed by atoms with Crippen LogP contribution in [0.4, 0.5) is 13.2 Å². The third-order valence-corrected chi connectivity index (χ3v) is 10.2. The van der Waals surface area contributed by atoms with Crippen molar-refractivity contribution in [3.8, 4) is 5.75 Å². The SMILES string of the molecule is Cc1cc(C(=O)N2CCC(N(C)C)C2)cc(C)c1/C=C/S(=O)(=O)N1CCC2(CC1)N=C(c1cccc(OC(F)(F)F)c1)NC2=O. The largest absolute Gasteiger partial charge is 0.573 e. The number of amides is 2. The molecule has 1 unspecified atom stereocenters. The van der Waals surface area contributed by atoms with Gasteiger partial charge in [-0.1, -0.05) is 12.1 Å². The second-order valence-corrected chi connectivity index (χ2v) is 13.8. The second kappa shape index (κ2) is 12.2. The number of alkyl halides is 3. The van der Waals surface area contributed by atoms with Crippen molar-refractivity contribution in [1.82, 2.24) is 19.4 Å². The van der Waals surface area contributed by atoms with Crippen molar-refractivity contribution >= 4 is 33.7 Å². The molecule has 2 aromatic carbocycles. The summed E-state index contributed by atoms with van der Waals surface area (Å²) in [5.41, 5.74) is 1.86. The molecule has 0 radical (unpaired) electrons. The lowest BCUT2D eigenvalue weighted by Crippen LogP contribution is -2.50. The second-order valence-electron chi connectivity index (χ2n) is 11.9. The minimum atomic E-state index is -4.86. The Morgan fingerprint density at radius 1 is 1.11 bits per heavy atom. The highest BCUT2D eigenvalue weighted by molar-refractivity contribution is 7.92. The maximum Gasteiger partial charge on any atom is 0.573 e. The number of piperidine rings is 1. The summed E-state index contributed by atoms with van der Waals surface area (Å²) in [4.78, 5) is 34.6. The molecular weight excluding hydrogens is 611 g/mol. The summed E-state index contributed by atoms with van der Waals surface area (Å²) in [5.74, 6) is -0.805. The van der Waals surface area contributed by atoms with Gasteiger partial charge in [0.15, 0.2) is 0 Å². The van der Waals surface area contributed by atoms with Crippen LogP contribution in [0.1, 0.15) is 51.9 Å². The molecule has 5 rings (SSSR count). The van der Waals surface area contributed by atoms with Gasteiger partial charge in [0.1, 0.15) is 17.1 Å². The molecule has 3 aliphatic rings. The van der Waals surface area contributed by atoms with Gasteiger partial charge in [-0.15, -0.1) is 13.2 Å². The van der Waals surface area contributed by atoms with Crippen molar-refractivity contribution in [2.75, 3.05) is 40.3 Å². The van der Waals surface area contributed by atoms with Gasteiger partial charge in [0.05, 0.1) is 0 Å². The number of benzene rings is 2. The zero-order valence-electron chi connectivity index (χ0n) is 25.5. The predicted octanol–water partition coefficient (Wildman–Crippen LogP) is 3.69. The van der Waals surface area contributed by atoms with Crippen molar-refractivity contribution in [2.45, 2.75) is 51.1 Å². The number of carbonyl (C=O) groups is 2. The van der Waals surface area contributed by atoms with Crippen LogP contribution in [0.25, 0.3) is 6.08 Å². The van der Waals surface area contributed by atoms with E-state index in [0.29, 0.717) is 30.3 Å². The normalized spacial score (nSPS) is 20.7. The van der Waals surface area contributed by atoms with E-state index >= 15 is 0 Å². The zero-order valence-corrected chi connectivity index (χ0v) is 26.3. The third kappa shape index (κ3) is 7.07. The number of rotatable bonds is 7. The van der Waals surface area contributed by atoms with Gasteiger partial charge >= 0.3 is 6.36 Å². The van der Waals surface area contributed by atoms with Gasteiger partial charge < -0.3 is 19.9 Å². The summed E-state index contributed by atoms with van der Waals surface area (Å²) >= 11 is 0. The van der Waals surface area contributed by atoms with E-state index in [4.69, 9.17) is 0 Å². The Morgan fingerprint density at radius 3 is 2.38 bits per heavy atom. The number of sulfonamides is 1.